The second kappa shape index (κ2) is 11.4. The molecule has 0 bridgehead atoms. The Bertz CT molecular complexity index is 1150. The molecule has 7 heteroatoms. The number of anilines is 1. The lowest BCUT2D eigenvalue weighted by molar-refractivity contribution is -0.118. The van der Waals surface area contributed by atoms with Gasteiger partial charge in [-0.05, 0) is 80.3 Å². The smallest absolute Gasteiger partial charge is 0.268 e. The summed E-state index contributed by atoms with van der Waals surface area (Å²) in [6, 6.07) is 18.2. The van der Waals surface area contributed by atoms with Crippen LogP contribution in [0.2, 0.25) is 0 Å². The SMILES string of the molecule is COc1ccc(C(=O)N/C(=C\c2ccco2)C(=O)NC(C)c2ccc(N3CCCCC3)cc2)cc1. The summed E-state index contributed by atoms with van der Waals surface area (Å²) < 4.78 is 10.5. The van der Waals surface area contributed by atoms with Gasteiger partial charge in [0, 0.05) is 30.4 Å². The average molecular weight is 474 g/mol. The number of hydrogen-bond acceptors (Lipinski definition) is 5. The van der Waals surface area contributed by atoms with Crippen molar-refractivity contribution >= 4 is 23.6 Å². The van der Waals surface area contributed by atoms with Gasteiger partial charge in [0.05, 0.1) is 19.4 Å². The zero-order valence-electron chi connectivity index (χ0n) is 20.1. The van der Waals surface area contributed by atoms with Crippen molar-refractivity contribution in [3.63, 3.8) is 0 Å². The summed E-state index contributed by atoms with van der Waals surface area (Å²) in [4.78, 5) is 28.4. The number of hydrogen-bond donors (Lipinski definition) is 2. The van der Waals surface area contributed by atoms with Crippen LogP contribution in [0.4, 0.5) is 5.69 Å². The molecule has 1 fully saturated rings. The Hall–Kier alpha value is -4.00. The molecule has 1 saturated heterocycles. The lowest BCUT2D eigenvalue weighted by Gasteiger charge is -2.29. The molecule has 0 saturated carbocycles. The molecule has 1 atom stereocenters. The number of furan rings is 1. The van der Waals surface area contributed by atoms with Crippen molar-refractivity contribution in [2.45, 2.75) is 32.2 Å². The first-order valence-electron chi connectivity index (χ1n) is 11.9. The van der Waals surface area contributed by atoms with E-state index in [4.69, 9.17) is 9.15 Å². The maximum Gasteiger partial charge on any atom is 0.268 e. The highest BCUT2D eigenvalue weighted by Crippen LogP contribution is 2.23. The van der Waals surface area contributed by atoms with E-state index in [0.717, 1.165) is 18.7 Å². The molecule has 2 amide bonds. The van der Waals surface area contributed by atoms with Gasteiger partial charge in [-0.25, -0.2) is 0 Å². The molecule has 2 aromatic carbocycles. The summed E-state index contributed by atoms with van der Waals surface area (Å²) in [6.45, 7) is 4.09. The zero-order valence-corrected chi connectivity index (χ0v) is 20.1. The maximum absolute atomic E-state index is 13.2. The molecule has 0 radical (unpaired) electrons. The number of benzene rings is 2. The number of piperidine rings is 1. The average Bonchev–Trinajstić information content (AvgIpc) is 3.42. The third-order valence-corrected chi connectivity index (χ3v) is 6.14. The van der Waals surface area contributed by atoms with Crippen LogP contribution in [0, 0.1) is 0 Å². The highest BCUT2D eigenvalue weighted by atomic mass is 16.5. The predicted octanol–water partition coefficient (Wildman–Crippen LogP) is 4.93. The predicted molar refractivity (Wildman–Crippen MR) is 136 cm³/mol. The van der Waals surface area contributed by atoms with Crippen LogP contribution in [0.1, 0.15) is 53.9 Å². The van der Waals surface area contributed by atoms with Gasteiger partial charge in [0.25, 0.3) is 11.8 Å². The van der Waals surface area contributed by atoms with E-state index in [-0.39, 0.29) is 11.7 Å². The number of nitrogens with zero attached hydrogens (tertiary/aromatic N) is 1. The molecule has 4 rings (SSSR count). The van der Waals surface area contributed by atoms with Crippen LogP contribution in [0.5, 0.6) is 5.75 Å². The molecular formula is C28H31N3O4. The molecule has 1 aliphatic heterocycles. The Labute approximate surface area is 205 Å². The fourth-order valence-corrected chi connectivity index (χ4v) is 4.09. The second-order valence-corrected chi connectivity index (χ2v) is 8.59. The molecule has 35 heavy (non-hydrogen) atoms. The third kappa shape index (κ3) is 6.32. The van der Waals surface area contributed by atoms with E-state index in [9.17, 15) is 9.59 Å². The number of carbonyl (C=O) groups is 2. The van der Waals surface area contributed by atoms with Crippen LogP contribution >= 0.6 is 0 Å². The molecule has 7 nitrogen and oxygen atoms in total. The van der Waals surface area contributed by atoms with E-state index < -0.39 is 11.8 Å². The lowest BCUT2D eigenvalue weighted by Crippen LogP contribution is -2.36. The first kappa shape index (κ1) is 24.1. The monoisotopic (exact) mass is 473 g/mol. The van der Waals surface area contributed by atoms with E-state index in [0.29, 0.717) is 17.1 Å². The van der Waals surface area contributed by atoms with Crippen LogP contribution < -0.4 is 20.3 Å². The Morgan fingerprint density at radius 1 is 1.00 bits per heavy atom. The first-order chi connectivity index (χ1) is 17.0. The molecule has 182 valence electrons. The number of rotatable bonds is 8. The van der Waals surface area contributed by atoms with E-state index in [1.807, 2.05) is 19.1 Å². The standard InChI is InChI=1S/C28H31N3O4/c1-20(21-8-12-23(13-9-21)31-16-4-3-5-17-31)29-28(33)26(19-25-7-6-18-35-25)30-27(32)22-10-14-24(34-2)15-11-22/h6-15,18-20H,3-5,16-17H2,1-2H3,(H,29,33)(H,30,32)/b26-19-. The van der Waals surface area contributed by atoms with E-state index in [1.165, 1.54) is 37.3 Å². The second-order valence-electron chi connectivity index (χ2n) is 8.59. The third-order valence-electron chi connectivity index (χ3n) is 6.14. The van der Waals surface area contributed by atoms with Gasteiger partial charge >= 0.3 is 0 Å². The molecule has 2 heterocycles. The molecule has 3 aromatic rings. The van der Waals surface area contributed by atoms with Gasteiger partial charge in [0.15, 0.2) is 0 Å². The van der Waals surface area contributed by atoms with Crippen LogP contribution in [-0.4, -0.2) is 32.0 Å². The van der Waals surface area contributed by atoms with E-state index in [1.54, 1.807) is 43.5 Å². The summed E-state index contributed by atoms with van der Waals surface area (Å²) in [5.74, 6) is 0.296. The summed E-state index contributed by atoms with van der Waals surface area (Å²) in [5.41, 5.74) is 2.69. The van der Waals surface area contributed by atoms with Crippen molar-refractivity contribution in [2.24, 2.45) is 0 Å². The molecule has 1 aromatic heterocycles. The van der Waals surface area contributed by atoms with Gasteiger partial charge < -0.3 is 24.7 Å². The normalized spacial score (nSPS) is 14.8. The van der Waals surface area contributed by atoms with Gasteiger partial charge in [-0.2, -0.15) is 0 Å². The lowest BCUT2D eigenvalue weighted by atomic mass is 10.1. The van der Waals surface area contributed by atoms with Gasteiger partial charge in [-0.1, -0.05) is 12.1 Å². The van der Waals surface area contributed by atoms with E-state index >= 15 is 0 Å². The van der Waals surface area contributed by atoms with Gasteiger partial charge in [-0.3, -0.25) is 9.59 Å². The molecular weight excluding hydrogens is 442 g/mol. The minimum Gasteiger partial charge on any atom is -0.497 e. The van der Waals surface area contributed by atoms with Crippen LogP contribution in [0.25, 0.3) is 6.08 Å². The van der Waals surface area contributed by atoms with Crippen LogP contribution in [0.15, 0.2) is 77.0 Å². The van der Waals surface area contributed by atoms with Crippen molar-refractivity contribution in [2.75, 3.05) is 25.1 Å². The van der Waals surface area contributed by atoms with Gasteiger partial charge in [0.2, 0.25) is 0 Å². The van der Waals surface area contributed by atoms with E-state index in [2.05, 4.69) is 27.7 Å². The first-order valence-corrected chi connectivity index (χ1v) is 11.9. The van der Waals surface area contributed by atoms with Crippen molar-refractivity contribution < 1.29 is 18.7 Å². The number of carbonyl (C=O) groups excluding carboxylic acids is 2. The quantitative estimate of drug-likeness (QED) is 0.454. The minimum atomic E-state index is -0.407. The topological polar surface area (TPSA) is 83.8 Å². The Morgan fingerprint density at radius 2 is 1.71 bits per heavy atom. The van der Waals surface area contributed by atoms with Crippen LogP contribution in [-0.2, 0) is 4.79 Å². The fraction of sp³-hybridized carbons (Fsp3) is 0.286. The summed E-state index contributed by atoms with van der Waals surface area (Å²) in [5, 5.41) is 5.71. The summed E-state index contributed by atoms with van der Waals surface area (Å²) >= 11 is 0. The Morgan fingerprint density at radius 3 is 2.34 bits per heavy atom. The highest BCUT2D eigenvalue weighted by molar-refractivity contribution is 6.05. The molecule has 0 spiro atoms. The van der Waals surface area contributed by atoms with Crippen molar-refractivity contribution in [1.29, 1.82) is 0 Å². The van der Waals surface area contributed by atoms with Crippen molar-refractivity contribution in [3.8, 4) is 5.75 Å². The maximum atomic E-state index is 13.2. The molecule has 2 N–H and O–H groups in total. The van der Waals surface area contributed by atoms with Gasteiger partial charge in [-0.15, -0.1) is 0 Å². The number of ether oxygens (including phenoxy) is 1. The Kier molecular flexibility index (Phi) is 7.88. The highest BCUT2D eigenvalue weighted by Gasteiger charge is 2.19. The molecule has 1 unspecified atom stereocenters. The minimum absolute atomic E-state index is 0.0950. The number of methoxy groups -OCH3 is 1. The van der Waals surface area contributed by atoms with Crippen LogP contribution in [0.3, 0.4) is 0 Å². The number of nitrogens with one attached hydrogen (secondary N) is 2. The zero-order chi connectivity index (χ0) is 24.6. The molecule has 1 aliphatic rings. The van der Waals surface area contributed by atoms with Crippen molar-refractivity contribution in [3.05, 3.63) is 89.5 Å². The fourth-order valence-electron chi connectivity index (χ4n) is 4.09. The van der Waals surface area contributed by atoms with Gasteiger partial charge in [0.1, 0.15) is 17.2 Å². The summed E-state index contributed by atoms with van der Waals surface area (Å²) in [6.07, 6.45) is 6.77. The molecule has 0 aliphatic carbocycles. The summed E-state index contributed by atoms with van der Waals surface area (Å²) in [7, 11) is 1.56. The number of amides is 2. The van der Waals surface area contributed by atoms with Crippen molar-refractivity contribution in [1.82, 2.24) is 10.6 Å². The largest absolute Gasteiger partial charge is 0.497 e. The Balaban J connectivity index is 1.46.